The van der Waals surface area contributed by atoms with Crippen molar-refractivity contribution in [2.45, 2.75) is 11.9 Å². The smallest absolute Gasteiger partial charge is 0.309 e. The van der Waals surface area contributed by atoms with Crippen LogP contribution in [0.1, 0.15) is 6.92 Å². The molecule has 0 amide bonds. The van der Waals surface area contributed by atoms with Gasteiger partial charge in [0.25, 0.3) is 0 Å². The Kier molecular flexibility index (Phi) is 4.67. The molecule has 6 heteroatoms. The van der Waals surface area contributed by atoms with Crippen LogP contribution < -0.4 is 0 Å². The maximum atomic E-state index is 13.1. The van der Waals surface area contributed by atoms with Gasteiger partial charge in [0.15, 0.2) is 5.82 Å². The van der Waals surface area contributed by atoms with Gasteiger partial charge in [-0.15, -0.1) is 11.8 Å². The summed E-state index contributed by atoms with van der Waals surface area (Å²) in [5.41, 5.74) is 0. The minimum absolute atomic E-state index is 0.0807. The zero-order valence-corrected chi connectivity index (χ0v) is 9.68. The van der Waals surface area contributed by atoms with Gasteiger partial charge in [-0.25, -0.2) is 13.8 Å². The molecular formula is C10H11F2NO2S. The number of carbonyl (C=O) groups is 1. The van der Waals surface area contributed by atoms with Crippen molar-refractivity contribution in [2.75, 3.05) is 12.9 Å². The van der Waals surface area contributed by atoms with Gasteiger partial charge >= 0.3 is 5.97 Å². The van der Waals surface area contributed by atoms with Gasteiger partial charge in [0.2, 0.25) is 0 Å². The van der Waals surface area contributed by atoms with Crippen LogP contribution in [0, 0.1) is 17.6 Å². The summed E-state index contributed by atoms with van der Waals surface area (Å²) in [5.74, 6) is -1.83. The van der Waals surface area contributed by atoms with Crippen LogP contribution in [0.15, 0.2) is 17.3 Å². The standard InChI is InChI=1S/C10H11F2NO2S/c1-6(10(14)15-2)5-16-9-8(12)3-7(11)4-13-9/h3-4,6H,5H2,1-2H3. The molecule has 16 heavy (non-hydrogen) atoms. The number of hydrogen-bond acceptors (Lipinski definition) is 4. The van der Waals surface area contributed by atoms with E-state index in [1.54, 1.807) is 6.92 Å². The Morgan fingerprint density at radius 3 is 2.88 bits per heavy atom. The number of nitrogens with zero attached hydrogens (tertiary/aromatic N) is 1. The number of carbonyl (C=O) groups excluding carboxylic acids is 1. The second kappa shape index (κ2) is 5.79. The van der Waals surface area contributed by atoms with E-state index in [1.807, 2.05) is 0 Å². The molecule has 0 bridgehead atoms. The predicted molar refractivity (Wildman–Crippen MR) is 56.1 cm³/mol. The number of thioether (sulfide) groups is 1. The van der Waals surface area contributed by atoms with E-state index < -0.39 is 11.6 Å². The van der Waals surface area contributed by atoms with E-state index in [9.17, 15) is 13.6 Å². The third-order valence-corrected chi connectivity index (χ3v) is 3.09. The number of pyridine rings is 1. The first kappa shape index (κ1) is 12.9. The van der Waals surface area contributed by atoms with Crippen molar-refractivity contribution in [1.29, 1.82) is 0 Å². The lowest BCUT2D eigenvalue weighted by molar-refractivity contribution is -0.143. The average Bonchev–Trinajstić information content (AvgIpc) is 2.26. The molecule has 1 aromatic rings. The predicted octanol–water partition coefficient (Wildman–Crippen LogP) is 2.26. The molecule has 0 aromatic carbocycles. The summed E-state index contributed by atoms with van der Waals surface area (Å²) in [6, 6.07) is 0.762. The monoisotopic (exact) mass is 247 g/mol. The van der Waals surface area contributed by atoms with Crippen LogP contribution in [-0.4, -0.2) is 23.8 Å². The highest BCUT2D eigenvalue weighted by atomic mass is 32.2. The van der Waals surface area contributed by atoms with E-state index >= 15 is 0 Å². The number of ether oxygens (including phenoxy) is 1. The highest BCUT2D eigenvalue weighted by molar-refractivity contribution is 7.99. The Hall–Kier alpha value is -1.17. The molecule has 0 aliphatic heterocycles. The van der Waals surface area contributed by atoms with Crippen LogP contribution in [0.3, 0.4) is 0 Å². The quantitative estimate of drug-likeness (QED) is 0.604. The van der Waals surface area contributed by atoms with Gasteiger partial charge in [0.05, 0.1) is 19.2 Å². The molecular weight excluding hydrogens is 236 g/mol. The lowest BCUT2D eigenvalue weighted by Gasteiger charge is -2.08. The van der Waals surface area contributed by atoms with Crippen LogP contribution in [-0.2, 0) is 9.53 Å². The van der Waals surface area contributed by atoms with Crippen molar-refractivity contribution < 1.29 is 18.3 Å². The minimum atomic E-state index is -0.720. The van der Waals surface area contributed by atoms with Gasteiger partial charge in [-0.05, 0) is 0 Å². The molecule has 0 saturated heterocycles. The molecule has 0 aliphatic carbocycles. The van der Waals surface area contributed by atoms with Crippen molar-refractivity contribution in [3.8, 4) is 0 Å². The molecule has 0 spiro atoms. The molecule has 88 valence electrons. The van der Waals surface area contributed by atoms with E-state index in [0.29, 0.717) is 5.75 Å². The van der Waals surface area contributed by atoms with Gasteiger partial charge in [0, 0.05) is 11.8 Å². The molecule has 3 nitrogen and oxygen atoms in total. The second-order valence-electron chi connectivity index (χ2n) is 3.18. The van der Waals surface area contributed by atoms with E-state index in [0.717, 1.165) is 24.0 Å². The molecule has 1 unspecified atom stereocenters. The van der Waals surface area contributed by atoms with Crippen molar-refractivity contribution in [2.24, 2.45) is 5.92 Å². The Bertz CT molecular complexity index is 387. The van der Waals surface area contributed by atoms with Crippen LogP contribution in [0.2, 0.25) is 0 Å². The van der Waals surface area contributed by atoms with Gasteiger partial charge < -0.3 is 4.74 Å². The number of aromatic nitrogens is 1. The molecule has 0 saturated carbocycles. The van der Waals surface area contributed by atoms with E-state index in [4.69, 9.17) is 0 Å². The van der Waals surface area contributed by atoms with Crippen LogP contribution in [0.4, 0.5) is 8.78 Å². The van der Waals surface area contributed by atoms with Gasteiger partial charge in [0.1, 0.15) is 10.8 Å². The average molecular weight is 247 g/mol. The van der Waals surface area contributed by atoms with Gasteiger partial charge in [-0.1, -0.05) is 6.92 Å². The first-order chi connectivity index (χ1) is 7.54. The second-order valence-corrected chi connectivity index (χ2v) is 4.18. The number of halogens is 2. The van der Waals surface area contributed by atoms with Gasteiger partial charge in [-0.2, -0.15) is 0 Å². The van der Waals surface area contributed by atoms with E-state index in [1.165, 1.54) is 7.11 Å². The Labute approximate surface area is 96.2 Å². The maximum Gasteiger partial charge on any atom is 0.309 e. The molecule has 1 aromatic heterocycles. The van der Waals surface area contributed by atoms with Crippen LogP contribution in [0.5, 0.6) is 0 Å². The topological polar surface area (TPSA) is 39.2 Å². The van der Waals surface area contributed by atoms with E-state index in [-0.39, 0.29) is 16.9 Å². The number of rotatable bonds is 4. The fraction of sp³-hybridized carbons (Fsp3) is 0.400. The molecule has 0 radical (unpaired) electrons. The summed E-state index contributed by atoms with van der Waals surface area (Å²) < 4.78 is 30.2. The summed E-state index contributed by atoms with van der Waals surface area (Å²) in [6.07, 6.45) is 0.939. The fourth-order valence-electron chi connectivity index (χ4n) is 0.981. The third kappa shape index (κ3) is 3.44. The third-order valence-electron chi connectivity index (χ3n) is 1.85. The number of methoxy groups -OCH3 is 1. The Morgan fingerprint density at radius 2 is 2.31 bits per heavy atom. The largest absolute Gasteiger partial charge is 0.469 e. The SMILES string of the molecule is COC(=O)C(C)CSc1ncc(F)cc1F. The van der Waals surface area contributed by atoms with E-state index in [2.05, 4.69) is 9.72 Å². The van der Waals surface area contributed by atoms with Crippen molar-refractivity contribution in [3.05, 3.63) is 23.9 Å². The van der Waals surface area contributed by atoms with Crippen LogP contribution >= 0.6 is 11.8 Å². The molecule has 1 atom stereocenters. The summed E-state index contributed by atoms with van der Waals surface area (Å²) in [7, 11) is 1.29. The maximum absolute atomic E-state index is 13.1. The van der Waals surface area contributed by atoms with Crippen molar-refractivity contribution in [3.63, 3.8) is 0 Å². The molecule has 1 heterocycles. The summed E-state index contributed by atoms with van der Waals surface area (Å²) in [5, 5.41) is 0.0807. The molecule has 0 N–H and O–H groups in total. The van der Waals surface area contributed by atoms with Crippen molar-refractivity contribution in [1.82, 2.24) is 4.98 Å². The van der Waals surface area contributed by atoms with Crippen molar-refractivity contribution >= 4 is 17.7 Å². The summed E-state index contributed by atoms with van der Waals surface area (Å²) in [6.45, 7) is 1.67. The molecule has 0 fully saturated rings. The van der Waals surface area contributed by atoms with Crippen LogP contribution in [0.25, 0.3) is 0 Å². The molecule has 1 rings (SSSR count). The highest BCUT2D eigenvalue weighted by Crippen LogP contribution is 2.22. The lowest BCUT2D eigenvalue weighted by atomic mass is 10.2. The zero-order valence-electron chi connectivity index (χ0n) is 8.87. The molecule has 0 aliphatic rings. The summed E-state index contributed by atoms with van der Waals surface area (Å²) in [4.78, 5) is 14.7. The highest BCUT2D eigenvalue weighted by Gasteiger charge is 2.15. The first-order valence-electron chi connectivity index (χ1n) is 4.56. The van der Waals surface area contributed by atoms with Gasteiger partial charge in [-0.3, -0.25) is 4.79 Å². The number of hydrogen-bond donors (Lipinski definition) is 0. The minimum Gasteiger partial charge on any atom is -0.469 e. The fourth-order valence-corrected chi connectivity index (χ4v) is 1.85. The Morgan fingerprint density at radius 1 is 1.62 bits per heavy atom. The number of esters is 1. The summed E-state index contributed by atoms with van der Waals surface area (Å²) >= 11 is 1.05. The Balaban J connectivity index is 2.58. The normalized spacial score (nSPS) is 12.2. The zero-order chi connectivity index (χ0) is 12.1. The first-order valence-corrected chi connectivity index (χ1v) is 5.54. The lowest BCUT2D eigenvalue weighted by Crippen LogP contribution is -2.15.